The minimum absolute atomic E-state index is 0.0211. The van der Waals surface area contributed by atoms with E-state index in [1.807, 2.05) is 6.92 Å². The van der Waals surface area contributed by atoms with Crippen molar-refractivity contribution in [3.05, 3.63) is 27.9 Å². The van der Waals surface area contributed by atoms with Crippen LogP contribution in [0.4, 0.5) is 11.5 Å². The van der Waals surface area contributed by atoms with Crippen LogP contribution >= 0.6 is 0 Å². The largest absolute Gasteiger partial charge is 0.379 e. The van der Waals surface area contributed by atoms with Gasteiger partial charge in [0.1, 0.15) is 12.0 Å². The van der Waals surface area contributed by atoms with Crippen molar-refractivity contribution >= 4 is 11.5 Å². The quantitative estimate of drug-likeness (QED) is 0.656. The van der Waals surface area contributed by atoms with Gasteiger partial charge in [-0.2, -0.15) is 0 Å². The van der Waals surface area contributed by atoms with Crippen LogP contribution in [0.2, 0.25) is 0 Å². The number of ether oxygens (including phenoxy) is 1. The number of hydrogen-bond acceptors (Lipinski definition) is 5. The highest BCUT2D eigenvalue weighted by Crippen LogP contribution is 2.26. The van der Waals surface area contributed by atoms with Crippen molar-refractivity contribution in [3.63, 3.8) is 0 Å². The fourth-order valence-electron chi connectivity index (χ4n) is 2.36. The van der Waals surface area contributed by atoms with E-state index in [9.17, 15) is 10.1 Å². The monoisotopic (exact) mass is 251 g/mol. The number of rotatable bonds is 4. The van der Waals surface area contributed by atoms with Crippen molar-refractivity contribution in [2.24, 2.45) is 0 Å². The van der Waals surface area contributed by atoms with E-state index in [0.717, 1.165) is 24.8 Å². The second-order valence-electron chi connectivity index (χ2n) is 4.57. The Morgan fingerprint density at radius 2 is 2.33 bits per heavy atom. The van der Waals surface area contributed by atoms with Crippen molar-refractivity contribution in [1.29, 1.82) is 0 Å². The lowest BCUT2D eigenvalue weighted by molar-refractivity contribution is -0.385. The predicted molar refractivity (Wildman–Crippen MR) is 67.7 cm³/mol. The molecule has 0 bridgehead atoms. The summed E-state index contributed by atoms with van der Waals surface area (Å²) in [6.45, 7) is 1.82. The number of methoxy groups -OCH3 is 1. The van der Waals surface area contributed by atoms with Crippen molar-refractivity contribution in [3.8, 4) is 0 Å². The Morgan fingerprint density at radius 1 is 1.56 bits per heavy atom. The molecule has 1 N–H and O–H groups in total. The molecule has 1 aromatic rings. The molecular weight excluding hydrogens is 234 g/mol. The number of aromatic nitrogens is 1. The average molecular weight is 251 g/mol. The number of pyridine rings is 1. The van der Waals surface area contributed by atoms with E-state index >= 15 is 0 Å². The van der Waals surface area contributed by atoms with Gasteiger partial charge in [-0.05, 0) is 31.7 Å². The topological polar surface area (TPSA) is 77.3 Å². The molecule has 0 spiro atoms. The zero-order valence-electron chi connectivity index (χ0n) is 10.5. The van der Waals surface area contributed by atoms with E-state index in [1.165, 1.54) is 12.3 Å². The number of nitro groups is 1. The van der Waals surface area contributed by atoms with Crippen LogP contribution in [0.3, 0.4) is 0 Å². The Hall–Kier alpha value is -1.69. The molecule has 1 aliphatic carbocycles. The Kier molecular flexibility index (Phi) is 3.76. The van der Waals surface area contributed by atoms with Gasteiger partial charge in [0.2, 0.25) is 0 Å². The molecule has 0 aliphatic heterocycles. The summed E-state index contributed by atoms with van der Waals surface area (Å²) in [5, 5.41) is 14.0. The maximum absolute atomic E-state index is 10.6. The van der Waals surface area contributed by atoms with Crippen LogP contribution in [0.25, 0.3) is 0 Å². The van der Waals surface area contributed by atoms with Gasteiger partial charge in [-0.25, -0.2) is 4.98 Å². The van der Waals surface area contributed by atoms with Crippen LogP contribution in [0, 0.1) is 17.0 Å². The third-order valence-electron chi connectivity index (χ3n) is 3.35. The molecule has 6 nitrogen and oxygen atoms in total. The fraction of sp³-hybridized carbons (Fsp3) is 0.583. The van der Waals surface area contributed by atoms with Crippen LogP contribution in [0.5, 0.6) is 0 Å². The van der Waals surface area contributed by atoms with Gasteiger partial charge in [-0.1, -0.05) is 0 Å². The van der Waals surface area contributed by atoms with Crippen LogP contribution in [-0.2, 0) is 4.74 Å². The second kappa shape index (κ2) is 5.30. The Bertz CT molecular complexity index is 450. The van der Waals surface area contributed by atoms with Gasteiger partial charge in [0.25, 0.3) is 5.69 Å². The summed E-state index contributed by atoms with van der Waals surface area (Å²) in [7, 11) is 1.71. The summed E-state index contributed by atoms with van der Waals surface area (Å²) in [5.41, 5.74) is 0.804. The second-order valence-corrected chi connectivity index (χ2v) is 4.57. The van der Waals surface area contributed by atoms with Crippen LogP contribution in [0.15, 0.2) is 12.3 Å². The Balaban J connectivity index is 2.12. The molecule has 2 rings (SSSR count). The lowest BCUT2D eigenvalue weighted by Crippen LogP contribution is -2.30. The van der Waals surface area contributed by atoms with Gasteiger partial charge in [-0.15, -0.1) is 0 Å². The molecule has 0 aromatic carbocycles. The van der Waals surface area contributed by atoms with Crippen molar-refractivity contribution in [2.75, 3.05) is 12.4 Å². The highest BCUT2D eigenvalue weighted by atomic mass is 16.6. The van der Waals surface area contributed by atoms with Crippen molar-refractivity contribution in [2.45, 2.75) is 38.3 Å². The molecule has 18 heavy (non-hydrogen) atoms. The first-order valence-electron chi connectivity index (χ1n) is 6.02. The number of hydrogen-bond donors (Lipinski definition) is 1. The molecule has 6 heteroatoms. The molecule has 0 amide bonds. The molecule has 1 heterocycles. The van der Waals surface area contributed by atoms with Crippen LogP contribution in [0.1, 0.15) is 24.8 Å². The summed E-state index contributed by atoms with van der Waals surface area (Å²) >= 11 is 0. The Labute approximate surface area is 106 Å². The molecule has 98 valence electrons. The minimum atomic E-state index is -0.433. The standard InChI is InChI=1S/C12H17N3O3/c1-8-6-9(15(16)17)7-13-12(8)14-10-4-3-5-11(10)18-2/h6-7,10-11H,3-5H2,1-2H3,(H,13,14). The highest BCUT2D eigenvalue weighted by Gasteiger charge is 2.27. The van der Waals surface area contributed by atoms with Crippen molar-refractivity contribution in [1.82, 2.24) is 4.98 Å². The summed E-state index contributed by atoms with van der Waals surface area (Å²) in [5.74, 6) is 0.703. The van der Waals surface area contributed by atoms with E-state index in [-0.39, 0.29) is 17.8 Å². The Morgan fingerprint density at radius 3 is 2.94 bits per heavy atom. The van der Waals surface area contributed by atoms with Gasteiger partial charge < -0.3 is 10.1 Å². The van der Waals surface area contributed by atoms with E-state index in [0.29, 0.717) is 5.82 Å². The molecule has 1 aliphatic rings. The molecule has 1 saturated carbocycles. The summed E-state index contributed by atoms with van der Waals surface area (Å²) in [4.78, 5) is 14.3. The van der Waals surface area contributed by atoms with Crippen molar-refractivity contribution < 1.29 is 9.66 Å². The first kappa shape index (κ1) is 12.8. The fourth-order valence-corrected chi connectivity index (χ4v) is 2.36. The molecule has 0 radical (unpaired) electrons. The zero-order valence-corrected chi connectivity index (χ0v) is 10.5. The third kappa shape index (κ3) is 2.59. The SMILES string of the molecule is COC1CCCC1Nc1ncc([N+](=O)[O-])cc1C. The number of aryl methyl sites for hydroxylation is 1. The minimum Gasteiger partial charge on any atom is -0.379 e. The first-order valence-corrected chi connectivity index (χ1v) is 6.02. The molecular formula is C12H17N3O3. The number of anilines is 1. The summed E-state index contributed by atoms with van der Waals surface area (Å²) in [6.07, 6.45) is 4.69. The van der Waals surface area contributed by atoms with E-state index in [4.69, 9.17) is 4.74 Å². The molecule has 2 unspecified atom stereocenters. The van der Waals surface area contributed by atoms with Gasteiger partial charge in [0.15, 0.2) is 0 Å². The molecule has 1 fully saturated rings. The van der Waals surface area contributed by atoms with Gasteiger partial charge in [-0.3, -0.25) is 10.1 Å². The van der Waals surface area contributed by atoms with Gasteiger partial charge in [0.05, 0.1) is 17.1 Å². The maximum atomic E-state index is 10.6. The summed E-state index contributed by atoms with van der Waals surface area (Å²) < 4.78 is 5.40. The number of nitrogens with zero attached hydrogens (tertiary/aromatic N) is 2. The smallest absolute Gasteiger partial charge is 0.287 e. The lowest BCUT2D eigenvalue weighted by Gasteiger charge is -2.20. The normalized spacial score (nSPS) is 23.0. The number of nitrogens with one attached hydrogen (secondary N) is 1. The maximum Gasteiger partial charge on any atom is 0.287 e. The zero-order chi connectivity index (χ0) is 13.1. The van der Waals surface area contributed by atoms with Crippen LogP contribution in [-0.4, -0.2) is 29.2 Å². The molecule has 1 aromatic heterocycles. The van der Waals surface area contributed by atoms with E-state index in [2.05, 4.69) is 10.3 Å². The molecule has 2 atom stereocenters. The highest BCUT2D eigenvalue weighted by molar-refractivity contribution is 5.49. The molecule has 0 saturated heterocycles. The lowest BCUT2D eigenvalue weighted by atomic mass is 10.2. The third-order valence-corrected chi connectivity index (χ3v) is 3.35. The summed E-state index contributed by atoms with van der Waals surface area (Å²) in [6, 6.07) is 1.77. The first-order chi connectivity index (χ1) is 8.61. The van der Waals surface area contributed by atoms with Gasteiger partial charge in [0, 0.05) is 13.2 Å². The van der Waals surface area contributed by atoms with Gasteiger partial charge >= 0.3 is 0 Å². The van der Waals surface area contributed by atoms with E-state index in [1.54, 1.807) is 7.11 Å². The average Bonchev–Trinajstić information content (AvgIpc) is 2.78. The van der Waals surface area contributed by atoms with Crippen LogP contribution < -0.4 is 5.32 Å². The van der Waals surface area contributed by atoms with E-state index < -0.39 is 4.92 Å². The predicted octanol–water partition coefficient (Wildman–Crippen LogP) is 2.28.